The van der Waals surface area contributed by atoms with E-state index in [9.17, 15) is 19.0 Å². The Morgan fingerprint density at radius 1 is 1.00 bits per heavy atom. The number of nitrogens with one attached hydrogen (secondary N) is 1. The molecule has 0 fully saturated rings. The summed E-state index contributed by atoms with van der Waals surface area (Å²) in [4.78, 5) is 0. The molecule has 0 saturated heterocycles. The minimum atomic E-state index is -2.86. The highest BCUT2D eigenvalue weighted by atomic mass is 19.3. The van der Waals surface area contributed by atoms with Gasteiger partial charge in [-0.15, -0.1) is 0 Å². The lowest BCUT2D eigenvalue weighted by atomic mass is 10.1. The van der Waals surface area contributed by atoms with Crippen molar-refractivity contribution >= 4 is 5.69 Å². The maximum Gasteiger partial charge on any atom is 0.387 e. The van der Waals surface area contributed by atoms with Crippen LogP contribution in [0.2, 0.25) is 0 Å². The van der Waals surface area contributed by atoms with Crippen molar-refractivity contribution in [1.29, 1.82) is 0 Å². The molecule has 2 rings (SSSR count). The first-order valence-corrected chi connectivity index (χ1v) is 6.29. The minimum absolute atomic E-state index is 0.0207. The second-order valence-electron chi connectivity index (χ2n) is 4.48. The van der Waals surface area contributed by atoms with Gasteiger partial charge in [-0.3, -0.25) is 0 Å². The largest absolute Gasteiger partial charge is 0.507 e. The number of benzene rings is 2. The molecule has 0 aliphatic heterocycles. The van der Waals surface area contributed by atoms with Gasteiger partial charge >= 0.3 is 6.61 Å². The Morgan fingerprint density at radius 3 is 2.10 bits per heavy atom. The Kier molecular flexibility index (Phi) is 4.47. The van der Waals surface area contributed by atoms with Crippen LogP contribution in [0.5, 0.6) is 17.2 Å². The monoisotopic (exact) mass is 295 g/mol. The van der Waals surface area contributed by atoms with E-state index in [1.807, 2.05) is 0 Å². The van der Waals surface area contributed by atoms with Crippen molar-refractivity contribution in [1.82, 2.24) is 0 Å². The summed E-state index contributed by atoms with van der Waals surface area (Å²) in [5.74, 6) is 0.0221. The smallest absolute Gasteiger partial charge is 0.387 e. The van der Waals surface area contributed by atoms with Crippen molar-refractivity contribution in [2.75, 3.05) is 5.32 Å². The maximum absolute atomic E-state index is 12.0. The molecule has 0 spiro atoms. The number of phenolic OH excluding ortho intramolecular Hbond substituents is 2. The van der Waals surface area contributed by atoms with E-state index in [2.05, 4.69) is 10.1 Å². The van der Waals surface area contributed by atoms with E-state index in [1.54, 1.807) is 19.1 Å². The van der Waals surface area contributed by atoms with Gasteiger partial charge in [0.25, 0.3) is 0 Å². The molecule has 2 aromatic rings. The fourth-order valence-electron chi connectivity index (χ4n) is 2.04. The lowest BCUT2D eigenvalue weighted by Crippen LogP contribution is -2.07. The highest BCUT2D eigenvalue weighted by Crippen LogP contribution is 2.34. The molecule has 0 aromatic heterocycles. The molecule has 0 bridgehead atoms. The number of aromatic hydroxyl groups is 2. The Morgan fingerprint density at radius 2 is 1.57 bits per heavy atom. The van der Waals surface area contributed by atoms with Gasteiger partial charge < -0.3 is 20.3 Å². The molecular formula is C15H15F2NO3. The van der Waals surface area contributed by atoms with Crippen LogP contribution >= 0.6 is 0 Å². The van der Waals surface area contributed by atoms with Crippen LogP contribution < -0.4 is 10.1 Å². The predicted octanol–water partition coefficient (Wildman–Crippen LogP) is 3.87. The van der Waals surface area contributed by atoms with E-state index in [4.69, 9.17) is 0 Å². The average Bonchev–Trinajstić information content (AvgIpc) is 2.40. The van der Waals surface area contributed by atoms with Crippen molar-refractivity contribution in [3.8, 4) is 17.2 Å². The summed E-state index contributed by atoms with van der Waals surface area (Å²) in [6, 6.07) is 10.1. The molecule has 0 heterocycles. The third kappa shape index (κ3) is 3.75. The van der Waals surface area contributed by atoms with Crippen LogP contribution in [0.1, 0.15) is 18.5 Å². The number of hydrogen-bond donors (Lipinski definition) is 3. The van der Waals surface area contributed by atoms with Crippen LogP contribution in [-0.4, -0.2) is 16.8 Å². The number of alkyl halides is 2. The van der Waals surface area contributed by atoms with Crippen LogP contribution in [0.15, 0.2) is 42.5 Å². The molecule has 0 amide bonds. The molecule has 2 aromatic carbocycles. The molecule has 0 aliphatic carbocycles. The fraction of sp³-hybridized carbons (Fsp3) is 0.200. The summed E-state index contributed by atoms with van der Waals surface area (Å²) in [6.07, 6.45) is 0. The molecule has 6 heteroatoms. The van der Waals surface area contributed by atoms with Gasteiger partial charge in [0.1, 0.15) is 17.2 Å². The molecule has 112 valence electrons. The third-order valence-corrected chi connectivity index (χ3v) is 2.96. The number of rotatable bonds is 5. The van der Waals surface area contributed by atoms with Crippen molar-refractivity contribution in [2.45, 2.75) is 19.6 Å². The zero-order chi connectivity index (χ0) is 15.4. The van der Waals surface area contributed by atoms with Gasteiger partial charge in [-0.05, 0) is 43.3 Å². The van der Waals surface area contributed by atoms with Crippen LogP contribution in [0.25, 0.3) is 0 Å². The van der Waals surface area contributed by atoms with Gasteiger partial charge in [0, 0.05) is 5.69 Å². The van der Waals surface area contributed by atoms with Crippen molar-refractivity contribution in [2.24, 2.45) is 0 Å². The molecule has 3 N–H and O–H groups in total. The number of anilines is 1. The standard InChI is InChI=1S/C15H15F2NO3/c1-9(14-12(19)3-2-4-13(14)20)18-10-5-7-11(8-6-10)21-15(16)17/h2-9,15,18-20H,1H3. The van der Waals surface area contributed by atoms with E-state index in [0.717, 1.165) is 0 Å². The molecule has 0 radical (unpaired) electrons. The topological polar surface area (TPSA) is 61.7 Å². The van der Waals surface area contributed by atoms with Gasteiger partial charge in [0.15, 0.2) is 0 Å². The SMILES string of the molecule is CC(Nc1ccc(OC(F)F)cc1)c1c(O)cccc1O. The fourth-order valence-corrected chi connectivity index (χ4v) is 2.04. The molecular weight excluding hydrogens is 280 g/mol. The summed E-state index contributed by atoms with van der Waals surface area (Å²) in [7, 11) is 0. The lowest BCUT2D eigenvalue weighted by Gasteiger charge is -2.18. The quantitative estimate of drug-likeness (QED) is 0.783. The zero-order valence-corrected chi connectivity index (χ0v) is 11.3. The predicted molar refractivity (Wildman–Crippen MR) is 74.9 cm³/mol. The average molecular weight is 295 g/mol. The maximum atomic E-state index is 12.0. The molecule has 4 nitrogen and oxygen atoms in total. The van der Waals surface area contributed by atoms with Crippen molar-refractivity contribution in [3.63, 3.8) is 0 Å². The molecule has 0 saturated carbocycles. The van der Waals surface area contributed by atoms with Gasteiger partial charge in [0.2, 0.25) is 0 Å². The van der Waals surface area contributed by atoms with Crippen LogP contribution in [0.3, 0.4) is 0 Å². The van der Waals surface area contributed by atoms with Crippen molar-refractivity contribution < 1.29 is 23.7 Å². The van der Waals surface area contributed by atoms with Gasteiger partial charge in [-0.2, -0.15) is 8.78 Å². The van der Waals surface area contributed by atoms with Crippen LogP contribution in [0, 0.1) is 0 Å². The van der Waals surface area contributed by atoms with E-state index in [-0.39, 0.29) is 23.3 Å². The lowest BCUT2D eigenvalue weighted by molar-refractivity contribution is -0.0498. The summed E-state index contributed by atoms with van der Waals surface area (Å²) in [6.45, 7) is -1.10. The van der Waals surface area contributed by atoms with E-state index < -0.39 is 6.61 Å². The van der Waals surface area contributed by atoms with Gasteiger partial charge in [0.05, 0.1) is 11.6 Å². The Bertz CT molecular complexity index is 582. The molecule has 1 atom stereocenters. The van der Waals surface area contributed by atoms with Crippen LogP contribution in [0.4, 0.5) is 14.5 Å². The van der Waals surface area contributed by atoms with Gasteiger partial charge in [-0.25, -0.2) is 0 Å². The summed E-state index contributed by atoms with van der Waals surface area (Å²) in [5.41, 5.74) is 1.01. The second-order valence-corrected chi connectivity index (χ2v) is 4.48. The van der Waals surface area contributed by atoms with E-state index in [1.165, 1.54) is 30.3 Å². The molecule has 21 heavy (non-hydrogen) atoms. The van der Waals surface area contributed by atoms with E-state index in [0.29, 0.717) is 11.3 Å². The highest BCUT2D eigenvalue weighted by Gasteiger charge is 2.15. The first-order chi connectivity index (χ1) is 9.97. The Hall–Kier alpha value is -2.50. The summed E-state index contributed by atoms with van der Waals surface area (Å²) >= 11 is 0. The summed E-state index contributed by atoms with van der Waals surface area (Å²) < 4.78 is 28.4. The van der Waals surface area contributed by atoms with Crippen LogP contribution in [-0.2, 0) is 0 Å². The molecule has 1 unspecified atom stereocenters. The zero-order valence-electron chi connectivity index (χ0n) is 11.3. The van der Waals surface area contributed by atoms with E-state index >= 15 is 0 Å². The number of hydrogen-bond acceptors (Lipinski definition) is 4. The van der Waals surface area contributed by atoms with Crippen molar-refractivity contribution in [3.05, 3.63) is 48.0 Å². The first-order valence-electron chi connectivity index (χ1n) is 6.29. The number of phenols is 2. The molecule has 0 aliphatic rings. The number of ether oxygens (including phenoxy) is 1. The highest BCUT2D eigenvalue weighted by molar-refractivity contribution is 5.52. The summed E-state index contributed by atoms with van der Waals surface area (Å²) in [5, 5.41) is 22.6. The minimum Gasteiger partial charge on any atom is -0.507 e. The third-order valence-electron chi connectivity index (χ3n) is 2.96. The van der Waals surface area contributed by atoms with Gasteiger partial charge in [-0.1, -0.05) is 6.07 Å². The Balaban J connectivity index is 2.11. The number of halogens is 2. The Labute approximate surface area is 120 Å². The first kappa shape index (κ1) is 14.9. The second kappa shape index (κ2) is 6.30. The normalized spacial score (nSPS) is 12.2.